The van der Waals surface area contributed by atoms with Gasteiger partial charge in [0.05, 0.1) is 12.8 Å². The third-order valence-electron chi connectivity index (χ3n) is 1.65. The first-order chi connectivity index (χ1) is 7.04. The predicted molar refractivity (Wildman–Crippen MR) is 48.9 cm³/mol. The van der Waals surface area contributed by atoms with Gasteiger partial charge in [-0.15, -0.1) is 0 Å². The molecule has 15 heavy (non-hydrogen) atoms. The normalized spacial score (nSPS) is 10.5. The van der Waals surface area contributed by atoms with Crippen LogP contribution in [0.1, 0.15) is 0 Å². The van der Waals surface area contributed by atoms with Gasteiger partial charge in [-0.25, -0.2) is 13.2 Å². The molecule has 0 saturated heterocycles. The first-order valence-corrected chi connectivity index (χ1v) is 4.08. The topological polar surface area (TPSA) is 44.5 Å². The molecular weight excluding hydrogens is 211 g/mol. The summed E-state index contributed by atoms with van der Waals surface area (Å²) in [5, 5.41) is 0. The summed E-state index contributed by atoms with van der Waals surface area (Å²) in [4.78, 5) is 0. The molecule has 0 atom stereocenters. The van der Waals surface area contributed by atoms with Crippen LogP contribution in [0.3, 0.4) is 0 Å². The summed E-state index contributed by atoms with van der Waals surface area (Å²) in [6, 6.07) is 2.09. The van der Waals surface area contributed by atoms with Crippen LogP contribution in [0.15, 0.2) is 12.1 Å². The largest absolute Gasteiger partial charge is 0.494 e. The van der Waals surface area contributed by atoms with Crippen molar-refractivity contribution in [3.8, 4) is 11.5 Å². The third kappa shape index (κ3) is 2.93. The van der Waals surface area contributed by atoms with Crippen molar-refractivity contribution in [3.63, 3.8) is 0 Å². The van der Waals surface area contributed by atoms with E-state index in [9.17, 15) is 13.2 Å². The molecule has 1 aromatic rings. The molecule has 0 aliphatic heterocycles. The summed E-state index contributed by atoms with van der Waals surface area (Å²) < 4.78 is 46.1. The molecule has 0 saturated carbocycles. The fourth-order valence-corrected chi connectivity index (χ4v) is 0.990. The zero-order chi connectivity index (χ0) is 11.4. The average Bonchev–Trinajstić information content (AvgIpc) is 2.16. The van der Waals surface area contributed by atoms with E-state index >= 15 is 0 Å². The lowest BCUT2D eigenvalue weighted by molar-refractivity contribution is 0.0798. The molecule has 0 fully saturated rings. The van der Waals surface area contributed by atoms with Crippen LogP contribution in [-0.2, 0) is 0 Å². The molecule has 0 bridgehead atoms. The first-order valence-electron chi connectivity index (χ1n) is 4.08. The summed E-state index contributed by atoms with van der Waals surface area (Å²) in [6.45, 7) is -0.871. The number of nitrogen functional groups attached to an aromatic ring is 1. The predicted octanol–water partition coefficient (Wildman–Crippen LogP) is 2.06. The van der Waals surface area contributed by atoms with Gasteiger partial charge >= 0.3 is 0 Å². The van der Waals surface area contributed by atoms with Crippen LogP contribution in [0.5, 0.6) is 11.5 Å². The van der Waals surface area contributed by atoms with E-state index in [1.165, 1.54) is 7.11 Å². The van der Waals surface area contributed by atoms with Gasteiger partial charge in [0.2, 0.25) is 0 Å². The quantitative estimate of drug-likeness (QED) is 0.791. The Morgan fingerprint density at radius 1 is 1.33 bits per heavy atom. The second kappa shape index (κ2) is 4.77. The van der Waals surface area contributed by atoms with Gasteiger partial charge in [0.1, 0.15) is 12.4 Å². The fraction of sp³-hybridized carbons (Fsp3) is 0.333. The van der Waals surface area contributed by atoms with E-state index in [4.69, 9.17) is 10.5 Å². The van der Waals surface area contributed by atoms with E-state index in [1.54, 1.807) is 0 Å². The number of hydrogen-bond donors (Lipinski definition) is 1. The van der Waals surface area contributed by atoms with Crippen LogP contribution in [0.2, 0.25) is 0 Å². The third-order valence-corrected chi connectivity index (χ3v) is 1.65. The Balaban J connectivity index is 2.87. The minimum absolute atomic E-state index is 0.0828. The zero-order valence-corrected chi connectivity index (χ0v) is 7.97. The molecule has 0 radical (unpaired) electrons. The fourth-order valence-electron chi connectivity index (χ4n) is 0.990. The number of nitrogens with two attached hydrogens (primary N) is 1. The zero-order valence-electron chi connectivity index (χ0n) is 7.97. The van der Waals surface area contributed by atoms with Crippen LogP contribution < -0.4 is 15.2 Å². The van der Waals surface area contributed by atoms with Crippen LogP contribution in [0.25, 0.3) is 0 Å². The van der Waals surface area contributed by atoms with E-state index in [1.807, 2.05) is 0 Å². The Morgan fingerprint density at radius 3 is 2.53 bits per heavy atom. The molecule has 0 aliphatic carbocycles. The number of rotatable bonds is 4. The van der Waals surface area contributed by atoms with Gasteiger partial charge in [-0.05, 0) is 0 Å². The summed E-state index contributed by atoms with van der Waals surface area (Å²) in [6.07, 6.45) is -2.66. The standard InChI is InChI=1S/C9H10F3NO2/c1-14-8-3-7(15-4-9(11)12)5(10)2-6(8)13/h2-3,9H,4,13H2,1H3. The molecular formula is C9H10F3NO2. The molecule has 0 aliphatic rings. The van der Waals surface area contributed by atoms with Crippen LogP contribution in [0, 0.1) is 5.82 Å². The van der Waals surface area contributed by atoms with Crippen molar-refractivity contribution in [1.82, 2.24) is 0 Å². The second-order valence-corrected chi connectivity index (χ2v) is 2.73. The number of methoxy groups -OCH3 is 1. The van der Waals surface area contributed by atoms with Gasteiger partial charge in [0.25, 0.3) is 6.43 Å². The molecule has 2 N–H and O–H groups in total. The highest BCUT2D eigenvalue weighted by Crippen LogP contribution is 2.29. The molecule has 0 spiro atoms. The van der Waals surface area contributed by atoms with Crippen molar-refractivity contribution < 1.29 is 22.6 Å². The van der Waals surface area contributed by atoms with Crippen molar-refractivity contribution >= 4 is 5.69 Å². The Labute approximate surface area is 84.6 Å². The molecule has 1 aromatic carbocycles. The minimum atomic E-state index is -2.66. The van der Waals surface area contributed by atoms with E-state index < -0.39 is 18.8 Å². The second-order valence-electron chi connectivity index (χ2n) is 2.73. The van der Waals surface area contributed by atoms with Crippen molar-refractivity contribution in [2.75, 3.05) is 19.5 Å². The molecule has 0 amide bonds. The lowest BCUT2D eigenvalue weighted by Gasteiger charge is -2.10. The van der Waals surface area contributed by atoms with Crippen LogP contribution >= 0.6 is 0 Å². The SMILES string of the molecule is COc1cc(OCC(F)F)c(F)cc1N. The van der Waals surface area contributed by atoms with E-state index in [0.717, 1.165) is 12.1 Å². The van der Waals surface area contributed by atoms with Gasteiger partial charge in [0, 0.05) is 12.1 Å². The first kappa shape index (κ1) is 11.5. The maximum absolute atomic E-state index is 13.1. The van der Waals surface area contributed by atoms with Crippen LogP contribution in [0.4, 0.5) is 18.9 Å². The van der Waals surface area contributed by atoms with Crippen molar-refractivity contribution in [1.29, 1.82) is 0 Å². The van der Waals surface area contributed by atoms with Gasteiger partial charge in [0.15, 0.2) is 11.6 Å². The summed E-state index contributed by atoms with van der Waals surface area (Å²) in [5.74, 6) is -0.920. The van der Waals surface area contributed by atoms with E-state index in [2.05, 4.69) is 4.74 Å². The lowest BCUT2D eigenvalue weighted by atomic mass is 10.2. The van der Waals surface area contributed by atoms with Gasteiger partial charge in [-0.2, -0.15) is 0 Å². The van der Waals surface area contributed by atoms with Crippen LogP contribution in [-0.4, -0.2) is 20.1 Å². The Hall–Kier alpha value is -1.59. The number of alkyl halides is 2. The summed E-state index contributed by atoms with van der Waals surface area (Å²) in [7, 11) is 1.33. The molecule has 0 heterocycles. The molecule has 0 aromatic heterocycles. The van der Waals surface area contributed by atoms with Gasteiger partial charge in [-0.1, -0.05) is 0 Å². The summed E-state index contributed by atoms with van der Waals surface area (Å²) in [5.41, 5.74) is 5.47. The van der Waals surface area contributed by atoms with Gasteiger partial charge < -0.3 is 15.2 Å². The minimum Gasteiger partial charge on any atom is -0.494 e. The molecule has 0 unspecified atom stereocenters. The van der Waals surface area contributed by atoms with Crippen molar-refractivity contribution in [2.45, 2.75) is 6.43 Å². The highest BCUT2D eigenvalue weighted by molar-refractivity contribution is 5.56. The maximum Gasteiger partial charge on any atom is 0.272 e. The lowest BCUT2D eigenvalue weighted by Crippen LogP contribution is -2.08. The maximum atomic E-state index is 13.1. The average molecular weight is 221 g/mol. The number of hydrogen-bond acceptors (Lipinski definition) is 3. The number of benzene rings is 1. The molecule has 3 nitrogen and oxygen atoms in total. The highest BCUT2D eigenvalue weighted by atomic mass is 19.3. The Morgan fingerprint density at radius 2 is 2.00 bits per heavy atom. The van der Waals surface area contributed by atoms with Crippen molar-refractivity contribution in [2.24, 2.45) is 0 Å². The number of anilines is 1. The molecule has 6 heteroatoms. The smallest absolute Gasteiger partial charge is 0.272 e. The number of halogens is 3. The molecule has 84 valence electrons. The molecule has 1 rings (SSSR count). The van der Waals surface area contributed by atoms with Crippen molar-refractivity contribution in [3.05, 3.63) is 17.9 Å². The Bertz CT molecular complexity index is 344. The Kier molecular flexibility index (Phi) is 3.65. The van der Waals surface area contributed by atoms with Gasteiger partial charge in [-0.3, -0.25) is 0 Å². The number of ether oxygens (including phenoxy) is 2. The monoisotopic (exact) mass is 221 g/mol. The highest BCUT2D eigenvalue weighted by Gasteiger charge is 2.11. The van der Waals surface area contributed by atoms with E-state index in [-0.39, 0.29) is 17.2 Å². The van der Waals surface area contributed by atoms with E-state index in [0.29, 0.717) is 0 Å². The summed E-state index contributed by atoms with van der Waals surface area (Å²) >= 11 is 0.